The SMILES string of the molecule is CCn1nc(C)c(C#N)c1C(=O)C(C#N)c1ccc(C(C)(C)C)cc1. The summed E-state index contributed by atoms with van der Waals surface area (Å²) in [5.74, 6) is -1.34. The highest BCUT2D eigenvalue weighted by atomic mass is 16.1. The van der Waals surface area contributed by atoms with E-state index >= 15 is 0 Å². The molecule has 25 heavy (non-hydrogen) atoms. The van der Waals surface area contributed by atoms with Gasteiger partial charge in [0.05, 0.1) is 11.8 Å². The van der Waals surface area contributed by atoms with Crippen LogP contribution < -0.4 is 0 Å². The number of aryl methyl sites for hydroxylation is 2. The van der Waals surface area contributed by atoms with Crippen LogP contribution in [0.5, 0.6) is 0 Å². The fraction of sp³-hybridized carbons (Fsp3) is 0.400. The summed E-state index contributed by atoms with van der Waals surface area (Å²) in [7, 11) is 0. The predicted molar refractivity (Wildman–Crippen MR) is 95.2 cm³/mol. The maximum atomic E-state index is 13.0. The van der Waals surface area contributed by atoms with Gasteiger partial charge >= 0.3 is 0 Å². The van der Waals surface area contributed by atoms with E-state index in [0.717, 1.165) is 5.56 Å². The smallest absolute Gasteiger partial charge is 0.203 e. The average Bonchev–Trinajstić information content (AvgIpc) is 2.90. The van der Waals surface area contributed by atoms with E-state index in [9.17, 15) is 15.3 Å². The van der Waals surface area contributed by atoms with E-state index in [1.54, 1.807) is 6.92 Å². The first-order valence-corrected chi connectivity index (χ1v) is 8.26. The van der Waals surface area contributed by atoms with Gasteiger partial charge in [-0.05, 0) is 30.4 Å². The largest absolute Gasteiger partial charge is 0.291 e. The lowest BCUT2D eigenvalue weighted by atomic mass is 9.85. The number of nitrogens with zero attached hydrogens (tertiary/aromatic N) is 4. The maximum Gasteiger partial charge on any atom is 0.203 e. The van der Waals surface area contributed by atoms with Gasteiger partial charge in [0.25, 0.3) is 0 Å². The molecule has 1 atom stereocenters. The number of ketones is 1. The third kappa shape index (κ3) is 3.46. The highest BCUT2D eigenvalue weighted by Gasteiger charge is 2.29. The summed E-state index contributed by atoms with van der Waals surface area (Å²) in [6.07, 6.45) is 0. The standard InChI is InChI=1S/C20H22N4O/c1-6-24-18(16(11-21)13(2)23-24)19(25)17(12-22)14-7-9-15(10-8-14)20(3,4)5/h7-10,17H,6H2,1-5H3. The fourth-order valence-electron chi connectivity index (χ4n) is 2.79. The Balaban J connectivity index is 2.48. The fourth-order valence-corrected chi connectivity index (χ4v) is 2.79. The lowest BCUT2D eigenvalue weighted by Gasteiger charge is -2.19. The van der Waals surface area contributed by atoms with Crippen molar-refractivity contribution in [2.24, 2.45) is 0 Å². The van der Waals surface area contributed by atoms with Crippen molar-refractivity contribution in [1.82, 2.24) is 9.78 Å². The topological polar surface area (TPSA) is 82.5 Å². The molecule has 0 aliphatic rings. The van der Waals surface area contributed by atoms with Crippen molar-refractivity contribution in [2.75, 3.05) is 0 Å². The van der Waals surface area contributed by atoms with Crippen molar-refractivity contribution in [3.63, 3.8) is 0 Å². The molecule has 0 radical (unpaired) electrons. The van der Waals surface area contributed by atoms with Gasteiger partial charge in [-0.3, -0.25) is 9.48 Å². The summed E-state index contributed by atoms with van der Waals surface area (Å²) in [4.78, 5) is 13.0. The Morgan fingerprint density at radius 2 is 1.84 bits per heavy atom. The minimum absolute atomic E-state index is 0.00337. The van der Waals surface area contributed by atoms with Crippen LogP contribution in [0.4, 0.5) is 0 Å². The van der Waals surface area contributed by atoms with Crippen LogP contribution in [0.15, 0.2) is 24.3 Å². The number of hydrogen-bond donors (Lipinski definition) is 0. The molecular weight excluding hydrogens is 312 g/mol. The van der Waals surface area contributed by atoms with Crippen LogP contribution in [-0.2, 0) is 12.0 Å². The van der Waals surface area contributed by atoms with E-state index in [-0.39, 0.29) is 22.5 Å². The number of carbonyl (C=O) groups is 1. The lowest BCUT2D eigenvalue weighted by Crippen LogP contribution is -2.18. The molecule has 0 amide bonds. The number of benzene rings is 1. The van der Waals surface area contributed by atoms with Gasteiger partial charge in [0, 0.05) is 6.54 Å². The maximum absolute atomic E-state index is 13.0. The molecule has 0 fully saturated rings. The molecule has 0 N–H and O–H groups in total. The number of carbonyl (C=O) groups excluding carboxylic acids is 1. The van der Waals surface area contributed by atoms with Gasteiger partial charge in [0.2, 0.25) is 5.78 Å². The normalized spacial score (nSPS) is 12.3. The van der Waals surface area contributed by atoms with Gasteiger partial charge in [-0.15, -0.1) is 0 Å². The van der Waals surface area contributed by atoms with Gasteiger partial charge in [-0.2, -0.15) is 15.6 Å². The van der Waals surface area contributed by atoms with E-state index in [1.807, 2.05) is 37.3 Å². The summed E-state index contributed by atoms with van der Waals surface area (Å²) >= 11 is 0. The van der Waals surface area contributed by atoms with Crippen LogP contribution in [0.25, 0.3) is 0 Å². The van der Waals surface area contributed by atoms with Gasteiger partial charge in [0.15, 0.2) is 0 Å². The molecule has 1 aromatic carbocycles. The minimum Gasteiger partial charge on any atom is -0.291 e. The molecule has 1 aromatic heterocycles. The summed E-state index contributed by atoms with van der Waals surface area (Å²) in [5.41, 5.74) is 2.73. The zero-order valence-electron chi connectivity index (χ0n) is 15.3. The van der Waals surface area contributed by atoms with Crippen LogP contribution in [-0.4, -0.2) is 15.6 Å². The average molecular weight is 334 g/mol. The Morgan fingerprint density at radius 1 is 1.24 bits per heavy atom. The van der Waals surface area contributed by atoms with Crippen LogP contribution >= 0.6 is 0 Å². The highest BCUT2D eigenvalue weighted by molar-refractivity contribution is 6.03. The minimum atomic E-state index is -0.956. The third-order valence-electron chi connectivity index (χ3n) is 4.27. The molecule has 2 aromatic rings. The molecule has 1 heterocycles. The van der Waals surface area contributed by atoms with Crippen molar-refractivity contribution in [3.8, 4) is 12.1 Å². The van der Waals surface area contributed by atoms with E-state index in [4.69, 9.17) is 0 Å². The van der Waals surface area contributed by atoms with Gasteiger partial charge in [-0.25, -0.2) is 0 Å². The number of rotatable bonds is 4. The number of hydrogen-bond acceptors (Lipinski definition) is 4. The molecule has 0 aliphatic carbocycles. The van der Waals surface area contributed by atoms with Crippen molar-refractivity contribution < 1.29 is 4.79 Å². The van der Waals surface area contributed by atoms with Crippen LogP contribution in [0, 0.1) is 29.6 Å². The third-order valence-corrected chi connectivity index (χ3v) is 4.27. The quantitative estimate of drug-likeness (QED) is 0.795. The second-order valence-corrected chi connectivity index (χ2v) is 7.03. The molecule has 0 aliphatic heterocycles. The number of nitriles is 2. The van der Waals surface area contributed by atoms with Crippen LogP contribution in [0.3, 0.4) is 0 Å². The first kappa shape index (κ1) is 18.4. The summed E-state index contributed by atoms with van der Waals surface area (Å²) in [6.45, 7) is 10.3. The molecule has 2 rings (SSSR count). The van der Waals surface area contributed by atoms with E-state index in [1.165, 1.54) is 4.68 Å². The van der Waals surface area contributed by atoms with Gasteiger partial charge < -0.3 is 0 Å². The number of Topliss-reactive ketones (excluding diaryl/α,β-unsaturated/α-hetero) is 1. The van der Waals surface area contributed by atoms with Crippen molar-refractivity contribution >= 4 is 5.78 Å². The second kappa shape index (κ2) is 6.91. The number of aromatic nitrogens is 2. The van der Waals surface area contributed by atoms with E-state index in [2.05, 4.69) is 31.9 Å². The molecule has 0 saturated carbocycles. The lowest BCUT2D eigenvalue weighted by molar-refractivity contribution is 0.0968. The molecule has 0 spiro atoms. The van der Waals surface area contributed by atoms with Gasteiger partial charge in [-0.1, -0.05) is 45.0 Å². The Morgan fingerprint density at radius 3 is 2.28 bits per heavy atom. The van der Waals surface area contributed by atoms with Crippen LogP contribution in [0.2, 0.25) is 0 Å². The second-order valence-electron chi connectivity index (χ2n) is 7.03. The molecule has 1 unspecified atom stereocenters. The molecule has 0 bridgehead atoms. The molecular formula is C20H22N4O. The Bertz CT molecular complexity index is 871. The molecule has 128 valence electrons. The first-order chi connectivity index (χ1) is 11.7. The molecule has 5 nitrogen and oxygen atoms in total. The summed E-state index contributed by atoms with van der Waals surface area (Å²) < 4.78 is 1.50. The zero-order valence-corrected chi connectivity index (χ0v) is 15.3. The van der Waals surface area contributed by atoms with Crippen molar-refractivity contribution in [1.29, 1.82) is 10.5 Å². The Hall–Kier alpha value is -2.92. The Kier molecular flexibility index (Phi) is 5.09. The summed E-state index contributed by atoms with van der Waals surface area (Å²) in [5, 5.41) is 23.2. The zero-order chi connectivity index (χ0) is 18.8. The summed E-state index contributed by atoms with van der Waals surface area (Å²) in [6, 6.07) is 11.7. The molecule has 0 saturated heterocycles. The molecule has 5 heteroatoms. The van der Waals surface area contributed by atoms with E-state index < -0.39 is 5.92 Å². The van der Waals surface area contributed by atoms with Crippen molar-refractivity contribution in [2.45, 2.75) is 52.5 Å². The highest BCUT2D eigenvalue weighted by Crippen LogP contribution is 2.27. The first-order valence-electron chi connectivity index (χ1n) is 8.26. The predicted octanol–water partition coefficient (Wildman–Crippen LogP) is 3.87. The Labute approximate surface area is 148 Å². The van der Waals surface area contributed by atoms with Gasteiger partial charge in [0.1, 0.15) is 23.2 Å². The van der Waals surface area contributed by atoms with Crippen LogP contribution in [0.1, 0.15) is 66.5 Å². The van der Waals surface area contributed by atoms with E-state index in [0.29, 0.717) is 17.8 Å². The van der Waals surface area contributed by atoms with Crippen molar-refractivity contribution in [3.05, 3.63) is 52.3 Å². The monoisotopic (exact) mass is 334 g/mol.